The lowest BCUT2D eigenvalue weighted by Crippen LogP contribution is -2.58. The normalized spacial score (nSPS) is 33.7. The van der Waals surface area contributed by atoms with Crippen molar-refractivity contribution in [1.82, 2.24) is 0 Å². The van der Waals surface area contributed by atoms with Gasteiger partial charge in [-0.1, -0.05) is 0 Å². The molecule has 0 radical (unpaired) electrons. The lowest BCUT2D eigenvalue weighted by atomic mass is 10.00. The number of non-ortho nitro benzene ring substituents is 1. The van der Waals surface area contributed by atoms with Gasteiger partial charge in [-0.25, -0.2) is 0 Å². The molecule has 110 valence electrons. The van der Waals surface area contributed by atoms with Gasteiger partial charge in [0, 0.05) is 12.1 Å². The predicted octanol–water partition coefficient (Wildman–Crippen LogP) is -0.199. The molecule has 0 aliphatic carbocycles. The molecule has 5 atom stereocenters. The van der Waals surface area contributed by atoms with Gasteiger partial charge in [0.05, 0.1) is 11.0 Å². The SMILES string of the molecule is C[C@H]1O[C@H](Oc2ccc([N+](=O)[O-])cc2)[C@H](O)[C@@H](O)[C@@H]1O. The van der Waals surface area contributed by atoms with Gasteiger partial charge >= 0.3 is 0 Å². The summed E-state index contributed by atoms with van der Waals surface area (Å²) in [4.78, 5) is 9.97. The van der Waals surface area contributed by atoms with Gasteiger partial charge in [0.2, 0.25) is 6.29 Å². The minimum absolute atomic E-state index is 0.0914. The molecule has 0 aromatic heterocycles. The van der Waals surface area contributed by atoms with Crippen molar-refractivity contribution < 1.29 is 29.7 Å². The average Bonchev–Trinajstić information content (AvgIpc) is 2.43. The Labute approximate surface area is 114 Å². The van der Waals surface area contributed by atoms with Crippen LogP contribution in [-0.4, -0.2) is 50.9 Å². The molecule has 2 rings (SSSR count). The van der Waals surface area contributed by atoms with E-state index >= 15 is 0 Å². The molecule has 1 aromatic carbocycles. The smallest absolute Gasteiger partial charge is 0.269 e. The van der Waals surface area contributed by atoms with Crippen LogP contribution in [-0.2, 0) is 4.74 Å². The zero-order valence-electron chi connectivity index (χ0n) is 10.6. The number of aliphatic hydroxyl groups excluding tert-OH is 3. The second-order valence-corrected chi connectivity index (χ2v) is 4.55. The highest BCUT2D eigenvalue weighted by molar-refractivity contribution is 5.36. The van der Waals surface area contributed by atoms with Crippen LogP contribution in [0.3, 0.4) is 0 Å². The first-order valence-corrected chi connectivity index (χ1v) is 6.01. The van der Waals surface area contributed by atoms with Crippen LogP contribution in [0.15, 0.2) is 24.3 Å². The molecule has 8 heteroatoms. The Bertz CT molecular complexity index is 477. The van der Waals surface area contributed by atoms with Crippen molar-refractivity contribution in [2.24, 2.45) is 0 Å². The lowest BCUT2D eigenvalue weighted by molar-refractivity contribution is -0.384. The van der Waals surface area contributed by atoms with E-state index in [0.29, 0.717) is 0 Å². The highest BCUT2D eigenvalue weighted by Crippen LogP contribution is 2.25. The molecule has 0 amide bonds. The zero-order chi connectivity index (χ0) is 14.9. The van der Waals surface area contributed by atoms with Crippen LogP contribution in [0.25, 0.3) is 0 Å². The standard InChI is InChI=1S/C12H15NO7/c1-6-9(14)10(15)11(16)12(19-6)20-8-4-2-7(3-5-8)13(17)18/h2-6,9-12,14-16H,1H3/t6-,9-,10+,11-,12-/m1/s1. The Balaban J connectivity index is 2.07. The third-order valence-electron chi connectivity index (χ3n) is 3.11. The van der Waals surface area contributed by atoms with E-state index in [1.165, 1.54) is 31.2 Å². The molecule has 3 N–H and O–H groups in total. The third kappa shape index (κ3) is 2.88. The van der Waals surface area contributed by atoms with Crippen molar-refractivity contribution in [3.63, 3.8) is 0 Å². The summed E-state index contributed by atoms with van der Waals surface area (Å²) >= 11 is 0. The van der Waals surface area contributed by atoms with Crippen LogP contribution in [0.1, 0.15) is 6.92 Å². The molecule has 20 heavy (non-hydrogen) atoms. The minimum Gasteiger partial charge on any atom is -0.462 e. The molecule has 0 saturated carbocycles. The lowest BCUT2D eigenvalue weighted by Gasteiger charge is -2.38. The van der Waals surface area contributed by atoms with Crippen molar-refractivity contribution >= 4 is 5.69 Å². The van der Waals surface area contributed by atoms with Gasteiger partial charge in [0.1, 0.15) is 24.1 Å². The molecule has 8 nitrogen and oxygen atoms in total. The van der Waals surface area contributed by atoms with Crippen LogP contribution in [0.4, 0.5) is 5.69 Å². The number of nitrogens with zero attached hydrogens (tertiary/aromatic N) is 1. The molecule has 0 unspecified atom stereocenters. The van der Waals surface area contributed by atoms with Crippen LogP contribution in [0, 0.1) is 10.1 Å². The molecular weight excluding hydrogens is 270 g/mol. The van der Waals surface area contributed by atoms with E-state index in [4.69, 9.17) is 9.47 Å². The van der Waals surface area contributed by atoms with E-state index in [9.17, 15) is 25.4 Å². The number of rotatable bonds is 3. The molecule has 1 aromatic rings. The summed E-state index contributed by atoms with van der Waals surface area (Å²) in [5, 5.41) is 39.4. The fourth-order valence-electron chi connectivity index (χ4n) is 1.89. The van der Waals surface area contributed by atoms with Gasteiger partial charge < -0.3 is 24.8 Å². The molecule has 1 heterocycles. The van der Waals surface area contributed by atoms with Crippen molar-refractivity contribution in [2.75, 3.05) is 0 Å². The molecule has 1 saturated heterocycles. The minimum atomic E-state index is -1.42. The zero-order valence-corrected chi connectivity index (χ0v) is 10.6. The van der Waals surface area contributed by atoms with E-state index in [1.54, 1.807) is 0 Å². The fraction of sp³-hybridized carbons (Fsp3) is 0.500. The summed E-state index contributed by atoms with van der Waals surface area (Å²) in [6.45, 7) is 1.53. The van der Waals surface area contributed by atoms with Crippen molar-refractivity contribution in [3.05, 3.63) is 34.4 Å². The maximum Gasteiger partial charge on any atom is 0.269 e. The summed E-state index contributed by atoms with van der Waals surface area (Å²) in [5.74, 6) is 0.246. The Kier molecular flexibility index (Phi) is 4.19. The van der Waals surface area contributed by atoms with Crippen molar-refractivity contribution in [1.29, 1.82) is 0 Å². The summed E-state index contributed by atoms with van der Waals surface area (Å²) in [7, 11) is 0. The van der Waals surface area contributed by atoms with Crippen LogP contribution in [0.5, 0.6) is 5.75 Å². The first kappa shape index (κ1) is 14.7. The van der Waals surface area contributed by atoms with E-state index < -0.39 is 35.6 Å². The topological polar surface area (TPSA) is 122 Å². The van der Waals surface area contributed by atoms with Crippen molar-refractivity contribution in [3.8, 4) is 5.75 Å². The quantitative estimate of drug-likeness (QED) is 0.519. The number of hydrogen-bond acceptors (Lipinski definition) is 7. The van der Waals surface area contributed by atoms with Gasteiger partial charge in [-0.05, 0) is 19.1 Å². The predicted molar refractivity (Wildman–Crippen MR) is 66.1 cm³/mol. The maximum absolute atomic E-state index is 10.5. The summed E-state index contributed by atoms with van der Waals surface area (Å²) < 4.78 is 10.6. The van der Waals surface area contributed by atoms with Gasteiger partial charge in [0.25, 0.3) is 5.69 Å². The third-order valence-corrected chi connectivity index (χ3v) is 3.11. The largest absolute Gasteiger partial charge is 0.462 e. The average molecular weight is 285 g/mol. The van der Waals surface area contributed by atoms with Crippen LogP contribution in [0.2, 0.25) is 0 Å². The fourth-order valence-corrected chi connectivity index (χ4v) is 1.89. The second-order valence-electron chi connectivity index (χ2n) is 4.55. The Hall–Kier alpha value is -1.74. The maximum atomic E-state index is 10.5. The number of ether oxygens (including phenoxy) is 2. The van der Waals surface area contributed by atoms with Gasteiger partial charge in [-0.15, -0.1) is 0 Å². The second kappa shape index (κ2) is 5.71. The van der Waals surface area contributed by atoms with E-state index in [0.717, 1.165) is 0 Å². The van der Waals surface area contributed by atoms with Gasteiger partial charge in [-0.2, -0.15) is 0 Å². The monoisotopic (exact) mass is 285 g/mol. The number of benzene rings is 1. The Morgan fingerprint density at radius 2 is 1.75 bits per heavy atom. The molecule has 1 aliphatic rings. The number of nitro benzene ring substituents is 1. The van der Waals surface area contributed by atoms with Crippen LogP contribution >= 0.6 is 0 Å². The first-order valence-electron chi connectivity index (χ1n) is 6.01. The highest BCUT2D eigenvalue weighted by Gasteiger charge is 2.43. The van der Waals surface area contributed by atoms with E-state index in [1.807, 2.05) is 0 Å². The molecule has 1 aliphatic heterocycles. The highest BCUT2D eigenvalue weighted by atomic mass is 16.7. The van der Waals surface area contributed by atoms with E-state index in [2.05, 4.69) is 0 Å². The number of nitro groups is 1. The Morgan fingerprint density at radius 3 is 2.30 bits per heavy atom. The molecule has 0 bridgehead atoms. The van der Waals surface area contributed by atoms with Crippen molar-refractivity contribution in [2.45, 2.75) is 37.6 Å². The molecular formula is C12H15NO7. The number of aliphatic hydroxyl groups is 3. The molecule has 0 spiro atoms. The van der Waals surface area contributed by atoms with Crippen LogP contribution < -0.4 is 4.74 Å². The Morgan fingerprint density at radius 1 is 1.15 bits per heavy atom. The summed E-state index contributed by atoms with van der Waals surface area (Å²) in [5.41, 5.74) is -0.0914. The summed E-state index contributed by atoms with van der Waals surface area (Å²) in [6.07, 6.45) is -5.89. The summed E-state index contributed by atoms with van der Waals surface area (Å²) in [6, 6.07) is 5.21. The van der Waals surface area contributed by atoms with E-state index in [-0.39, 0.29) is 11.4 Å². The van der Waals surface area contributed by atoms with Gasteiger partial charge in [0.15, 0.2) is 0 Å². The molecule has 1 fully saturated rings. The first-order chi connectivity index (χ1) is 9.40. The number of hydrogen-bond donors (Lipinski definition) is 3. The van der Waals surface area contributed by atoms with Gasteiger partial charge in [-0.3, -0.25) is 10.1 Å².